The van der Waals surface area contributed by atoms with Gasteiger partial charge in [-0.15, -0.1) is 11.3 Å². The lowest BCUT2D eigenvalue weighted by Crippen LogP contribution is -2.45. The molecule has 0 amide bonds. The summed E-state index contributed by atoms with van der Waals surface area (Å²) in [5, 5.41) is 14.2. The molecule has 78 valence electrons. The Morgan fingerprint density at radius 2 is 2.43 bits per heavy atom. The highest BCUT2D eigenvalue weighted by molar-refractivity contribution is 7.11. The molecule has 1 heterocycles. The minimum atomic E-state index is -0.417. The van der Waals surface area contributed by atoms with E-state index in [4.69, 9.17) is 0 Å². The molecule has 2 N–H and O–H groups in total. The van der Waals surface area contributed by atoms with Crippen LogP contribution >= 0.6 is 11.3 Å². The van der Waals surface area contributed by atoms with Crippen LogP contribution in [-0.2, 0) is 6.54 Å². The summed E-state index contributed by atoms with van der Waals surface area (Å²) in [4.78, 5) is 5.42. The van der Waals surface area contributed by atoms with E-state index < -0.39 is 5.60 Å². The lowest BCUT2D eigenvalue weighted by molar-refractivity contribution is -0.0314. The third-order valence-electron chi connectivity index (χ3n) is 2.71. The smallest absolute Gasteiger partial charge is 0.0897 e. The van der Waals surface area contributed by atoms with E-state index in [1.807, 2.05) is 13.1 Å². The van der Waals surface area contributed by atoms with Gasteiger partial charge in [0.25, 0.3) is 0 Å². The number of hydrogen-bond acceptors (Lipinski definition) is 4. The van der Waals surface area contributed by atoms with Gasteiger partial charge in [-0.2, -0.15) is 0 Å². The number of nitrogens with zero attached hydrogens (tertiary/aromatic N) is 1. The Morgan fingerprint density at radius 3 is 2.93 bits per heavy atom. The highest BCUT2D eigenvalue weighted by Gasteiger charge is 2.33. The number of nitrogens with one attached hydrogen (secondary N) is 1. The molecule has 14 heavy (non-hydrogen) atoms. The van der Waals surface area contributed by atoms with Crippen LogP contribution in [-0.4, -0.2) is 22.2 Å². The molecule has 1 aliphatic carbocycles. The summed E-state index contributed by atoms with van der Waals surface area (Å²) in [6, 6.07) is 0. The molecule has 2 rings (SSSR count). The average molecular weight is 212 g/mol. The zero-order valence-electron chi connectivity index (χ0n) is 8.42. The van der Waals surface area contributed by atoms with Crippen LogP contribution in [0.2, 0.25) is 0 Å². The summed E-state index contributed by atoms with van der Waals surface area (Å²) < 4.78 is 0. The highest BCUT2D eigenvalue weighted by atomic mass is 32.1. The first kappa shape index (κ1) is 10.1. The fourth-order valence-corrected chi connectivity index (χ4v) is 2.43. The summed E-state index contributed by atoms with van der Waals surface area (Å²) in [5.74, 6) is 0. The lowest BCUT2D eigenvalue weighted by Gasteiger charge is -2.36. The molecule has 4 heteroatoms. The predicted octanol–water partition coefficient (Wildman–Crippen LogP) is 1.46. The molecule has 1 fully saturated rings. The van der Waals surface area contributed by atoms with Gasteiger partial charge in [-0.25, -0.2) is 4.98 Å². The standard InChI is InChI=1S/C10H16N2OS/c1-8-12-6-9(14-8)5-11-7-10(13)3-2-4-10/h6,11,13H,2-5,7H2,1H3. The molecule has 0 aromatic carbocycles. The van der Waals surface area contributed by atoms with Crippen molar-refractivity contribution in [2.75, 3.05) is 6.54 Å². The van der Waals surface area contributed by atoms with Gasteiger partial charge in [-0.3, -0.25) is 0 Å². The van der Waals surface area contributed by atoms with Crippen LogP contribution in [0.4, 0.5) is 0 Å². The van der Waals surface area contributed by atoms with Crippen molar-refractivity contribution in [2.24, 2.45) is 0 Å². The normalized spacial score (nSPS) is 19.3. The Morgan fingerprint density at radius 1 is 1.64 bits per heavy atom. The van der Waals surface area contributed by atoms with Crippen molar-refractivity contribution in [3.05, 3.63) is 16.1 Å². The summed E-state index contributed by atoms with van der Waals surface area (Å²) in [7, 11) is 0. The van der Waals surface area contributed by atoms with Gasteiger partial charge in [0.05, 0.1) is 10.6 Å². The molecule has 1 aromatic heterocycles. The van der Waals surface area contributed by atoms with E-state index in [-0.39, 0.29) is 0 Å². The maximum Gasteiger partial charge on any atom is 0.0897 e. The number of rotatable bonds is 4. The van der Waals surface area contributed by atoms with Crippen molar-refractivity contribution in [1.82, 2.24) is 10.3 Å². The summed E-state index contributed by atoms with van der Waals surface area (Å²) in [6.07, 6.45) is 4.96. The largest absolute Gasteiger partial charge is 0.389 e. The second-order valence-electron chi connectivity index (χ2n) is 4.03. The van der Waals surface area contributed by atoms with Crippen molar-refractivity contribution in [1.29, 1.82) is 0 Å². The second-order valence-corrected chi connectivity index (χ2v) is 5.35. The fraction of sp³-hybridized carbons (Fsp3) is 0.700. The first-order valence-electron chi connectivity index (χ1n) is 5.02. The monoisotopic (exact) mass is 212 g/mol. The molecule has 0 atom stereocenters. The Kier molecular flexibility index (Phi) is 2.85. The molecule has 0 bridgehead atoms. The van der Waals surface area contributed by atoms with E-state index in [2.05, 4.69) is 10.3 Å². The molecule has 0 aliphatic heterocycles. The van der Waals surface area contributed by atoms with Crippen LogP contribution in [0.5, 0.6) is 0 Å². The molecule has 0 radical (unpaired) electrons. The molecule has 1 aliphatic rings. The van der Waals surface area contributed by atoms with E-state index in [1.165, 1.54) is 4.88 Å². The van der Waals surface area contributed by atoms with Crippen molar-refractivity contribution in [2.45, 2.75) is 38.3 Å². The van der Waals surface area contributed by atoms with E-state index in [0.717, 1.165) is 30.8 Å². The van der Waals surface area contributed by atoms with Gasteiger partial charge in [-0.1, -0.05) is 0 Å². The average Bonchev–Trinajstić information content (AvgIpc) is 2.49. The number of aliphatic hydroxyl groups is 1. The Balaban J connectivity index is 1.72. The van der Waals surface area contributed by atoms with Gasteiger partial charge in [-0.05, 0) is 26.2 Å². The summed E-state index contributed by atoms with van der Waals surface area (Å²) >= 11 is 1.71. The van der Waals surface area contributed by atoms with Crippen LogP contribution < -0.4 is 5.32 Å². The van der Waals surface area contributed by atoms with Crippen molar-refractivity contribution in [3.8, 4) is 0 Å². The SMILES string of the molecule is Cc1ncc(CNCC2(O)CCC2)s1. The zero-order valence-corrected chi connectivity index (χ0v) is 9.23. The van der Waals surface area contributed by atoms with Crippen LogP contribution in [0.1, 0.15) is 29.1 Å². The Labute approximate surface area is 88.2 Å². The molecule has 1 saturated carbocycles. The molecular formula is C10H16N2OS. The quantitative estimate of drug-likeness (QED) is 0.794. The summed E-state index contributed by atoms with van der Waals surface area (Å²) in [5.41, 5.74) is -0.417. The van der Waals surface area contributed by atoms with Gasteiger partial charge in [0.15, 0.2) is 0 Å². The molecule has 3 nitrogen and oxygen atoms in total. The second kappa shape index (κ2) is 3.96. The minimum absolute atomic E-state index is 0.417. The van der Waals surface area contributed by atoms with Crippen molar-refractivity contribution in [3.63, 3.8) is 0 Å². The topological polar surface area (TPSA) is 45.2 Å². The molecule has 0 unspecified atom stereocenters. The first-order valence-corrected chi connectivity index (χ1v) is 5.84. The van der Waals surface area contributed by atoms with Crippen molar-refractivity contribution < 1.29 is 5.11 Å². The van der Waals surface area contributed by atoms with Gasteiger partial charge in [0.2, 0.25) is 0 Å². The van der Waals surface area contributed by atoms with Crippen LogP contribution in [0.25, 0.3) is 0 Å². The van der Waals surface area contributed by atoms with Gasteiger partial charge < -0.3 is 10.4 Å². The van der Waals surface area contributed by atoms with Crippen LogP contribution in [0.15, 0.2) is 6.20 Å². The van der Waals surface area contributed by atoms with Gasteiger partial charge in [0, 0.05) is 24.2 Å². The zero-order chi connectivity index (χ0) is 10.0. The van der Waals surface area contributed by atoms with E-state index in [9.17, 15) is 5.11 Å². The van der Waals surface area contributed by atoms with E-state index >= 15 is 0 Å². The lowest BCUT2D eigenvalue weighted by atomic mass is 9.80. The third kappa shape index (κ3) is 2.32. The molecule has 0 spiro atoms. The number of thiazole rings is 1. The highest BCUT2D eigenvalue weighted by Crippen LogP contribution is 2.30. The fourth-order valence-electron chi connectivity index (χ4n) is 1.67. The molecule has 0 saturated heterocycles. The Hall–Kier alpha value is -0.450. The third-order valence-corrected chi connectivity index (χ3v) is 3.62. The van der Waals surface area contributed by atoms with Gasteiger partial charge >= 0.3 is 0 Å². The van der Waals surface area contributed by atoms with E-state index in [0.29, 0.717) is 6.54 Å². The number of aryl methyl sites for hydroxylation is 1. The first-order chi connectivity index (χ1) is 6.68. The molecular weight excluding hydrogens is 196 g/mol. The minimum Gasteiger partial charge on any atom is -0.389 e. The molecule has 1 aromatic rings. The maximum absolute atomic E-state index is 9.82. The van der Waals surface area contributed by atoms with Crippen LogP contribution in [0, 0.1) is 6.92 Å². The number of hydrogen-bond donors (Lipinski definition) is 2. The summed E-state index contributed by atoms with van der Waals surface area (Å²) in [6.45, 7) is 3.55. The predicted molar refractivity (Wildman–Crippen MR) is 57.4 cm³/mol. The van der Waals surface area contributed by atoms with Crippen molar-refractivity contribution >= 4 is 11.3 Å². The van der Waals surface area contributed by atoms with Crippen LogP contribution in [0.3, 0.4) is 0 Å². The number of aromatic nitrogens is 1. The van der Waals surface area contributed by atoms with E-state index in [1.54, 1.807) is 11.3 Å². The maximum atomic E-state index is 9.82. The Bertz CT molecular complexity index is 307. The van der Waals surface area contributed by atoms with Gasteiger partial charge in [0.1, 0.15) is 0 Å².